The molecule has 2 aromatic rings. The predicted octanol–water partition coefficient (Wildman–Crippen LogP) is 6.78. The fourth-order valence-corrected chi connectivity index (χ4v) is 4.75. The molecule has 0 spiro atoms. The molecular formula is C29H28N2O. The van der Waals surface area contributed by atoms with Gasteiger partial charge in [0.2, 0.25) is 0 Å². The number of nitrogens with zero attached hydrogens (tertiary/aromatic N) is 2. The third-order valence-corrected chi connectivity index (χ3v) is 6.34. The van der Waals surface area contributed by atoms with Gasteiger partial charge in [-0.25, -0.2) is 0 Å². The Kier molecular flexibility index (Phi) is 6.92. The lowest BCUT2D eigenvalue weighted by Gasteiger charge is -2.41. The van der Waals surface area contributed by atoms with Crippen LogP contribution in [0.15, 0.2) is 90.5 Å². The zero-order valence-electron chi connectivity index (χ0n) is 18.7. The van der Waals surface area contributed by atoms with Crippen molar-refractivity contribution in [3.63, 3.8) is 0 Å². The SMILES string of the molecule is C=CCC(C#N)(C#N)C1=C(C(C=Cc2ccccc2)c2ccccc2)CCC(=O)C1(C)C. The average Bonchev–Trinajstić information content (AvgIpc) is 2.82. The maximum Gasteiger partial charge on any atom is 0.169 e. The first kappa shape index (κ1) is 23.0. The summed E-state index contributed by atoms with van der Waals surface area (Å²) in [7, 11) is 0. The molecule has 1 atom stereocenters. The van der Waals surface area contributed by atoms with Crippen molar-refractivity contribution in [1.29, 1.82) is 10.5 Å². The number of allylic oxidation sites excluding steroid dienone is 4. The molecule has 0 saturated heterocycles. The van der Waals surface area contributed by atoms with E-state index in [4.69, 9.17) is 0 Å². The summed E-state index contributed by atoms with van der Waals surface area (Å²) in [6, 6.07) is 24.6. The Morgan fingerprint density at radius 2 is 1.62 bits per heavy atom. The minimum atomic E-state index is -1.43. The van der Waals surface area contributed by atoms with Crippen molar-refractivity contribution in [3.05, 3.63) is 102 Å². The lowest BCUT2D eigenvalue weighted by atomic mass is 9.59. The maximum atomic E-state index is 13.0. The number of nitriles is 2. The number of hydrogen-bond donors (Lipinski definition) is 0. The van der Waals surface area contributed by atoms with Gasteiger partial charge in [-0.3, -0.25) is 4.79 Å². The average molecular weight is 421 g/mol. The van der Waals surface area contributed by atoms with Gasteiger partial charge in [0.1, 0.15) is 5.78 Å². The van der Waals surface area contributed by atoms with Crippen molar-refractivity contribution >= 4 is 11.9 Å². The topological polar surface area (TPSA) is 64.7 Å². The summed E-state index contributed by atoms with van der Waals surface area (Å²) in [4.78, 5) is 13.0. The third kappa shape index (κ3) is 4.34. The van der Waals surface area contributed by atoms with Crippen LogP contribution < -0.4 is 0 Å². The Labute approximate surface area is 191 Å². The van der Waals surface area contributed by atoms with Gasteiger partial charge in [-0.15, -0.1) is 6.58 Å². The van der Waals surface area contributed by atoms with Crippen LogP contribution >= 0.6 is 0 Å². The number of Topliss-reactive ketones (excluding diaryl/α,β-unsaturated/α-hetero) is 1. The van der Waals surface area contributed by atoms with E-state index < -0.39 is 10.8 Å². The molecule has 1 aliphatic carbocycles. The van der Waals surface area contributed by atoms with Crippen molar-refractivity contribution in [2.75, 3.05) is 0 Å². The highest BCUT2D eigenvalue weighted by Gasteiger charge is 2.49. The van der Waals surface area contributed by atoms with Gasteiger partial charge in [-0.1, -0.05) is 84.5 Å². The van der Waals surface area contributed by atoms with Gasteiger partial charge >= 0.3 is 0 Å². The van der Waals surface area contributed by atoms with Crippen LogP contribution in [0.3, 0.4) is 0 Å². The van der Waals surface area contributed by atoms with Crippen LogP contribution in [0.4, 0.5) is 0 Å². The van der Waals surface area contributed by atoms with E-state index in [0.29, 0.717) is 18.4 Å². The van der Waals surface area contributed by atoms with Gasteiger partial charge < -0.3 is 0 Å². The molecule has 3 rings (SSSR count). The molecule has 0 saturated carbocycles. The Morgan fingerprint density at radius 1 is 1.03 bits per heavy atom. The van der Waals surface area contributed by atoms with Crippen LogP contribution in [0, 0.1) is 33.5 Å². The van der Waals surface area contributed by atoms with Crippen LogP contribution in [0.2, 0.25) is 0 Å². The van der Waals surface area contributed by atoms with E-state index >= 15 is 0 Å². The molecule has 32 heavy (non-hydrogen) atoms. The molecule has 2 aromatic carbocycles. The van der Waals surface area contributed by atoms with Gasteiger partial charge in [0.25, 0.3) is 0 Å². The van der Waals surface area contributed by atoms with Crippen molar-refractivity contribution < 1.29 is 4.79 Å². The second-order valence-corrected chi connectivity index (χ2v) is 8.73. The number of carbonyl (C=O) groups excluding carboxylic acids is 1. The van der Waals surface area contributed by atoms with Gasteiger partial charge in [-0.2, -0.15) is 10.5 Å². The smallest absolute Gasteiger partial charge is 0.169 e. The fraction of sp³-hybridized carbons (Fsp3) is 0.276. The van der Waals surface area contributed by atoms with E-state index in [2.05, 4.69) is 43.0 Å². The molecule has 0 N–H and O–H groups in total. The highest BCUT2D eigenvalue weighted by atomic mass is 16.1. The second-order valence-electron chi connectivity index (χ2n) is 8.73. The van der Waals surface area contributed by atoms with Crippen molar-refractivity contribution in [2.24, 2.45) is 10.8 Å². The molecule has 0 bridgehead atoms. The summed E-state index contributed by atoms with van der Waals surface area (Å²) in [5, 5.41) is 20.3. The fourth-order valence-electron chi connectivity index (χ4n) is 4.75. The number of hydrogen-bond acceptors (Lipinski definition) is 3. The molecule has 0 heterocycles. The number of benzene rings is 2. The predicted molar refractivity (Wildman–Crippen MR) is 128 cm³/mol. The molecule has 1 unspecified atom stereocenters. The monoisotopic (exact) mass is 420 g/mol. The minimum Gasteiger partial charge on any atom is -0.299 e. The molecule has 0 aromatic heterocycles. The van der Waals surface area contributed by atoms with Crippen LogP contribution in [-0.2, 0) is 4.79 Å². The highest BCUT2D eigenvalue weighted by molar-refractivity contribution is 5.90. The maximum absolute atomic E-state index is 13.0. The van der Waals surface area contributed by atoms with E-state index in [9.17, 15) is 15.3 Å². The Balaban J connectivity index is 2.31. The van der Waals surface area contributed by atoms with Crippen LogP contribution in [0.5, 0.6) is 0 Å². The lowest BCUT2D eigenvalue weighted by Crippen LogP contribution is -2.40. The van der Waals surface area contributed by atoms with E-state index in [1.165, 1.54) is 0 Å². The first-order valence-electron chi connectivity index (χ1n) is 10.9. The summed E-state index contributed by atoms with van der Waals surface area (Å²) in [5.74, 6) is -0.0845. The molecule has 0 aliphatic heterocycles. The second kappa shape index (κ2) is 9.63. The number of carbonyl (C=O) groups is 1. The molecule has 0 radical (unpaired) electrons. The summed E-state index contributed by atoms with van der Waals surface area (Å²) in [6.45, 7) is 7.48. The molecule has 160 valence electrons. The molecular weight excluding hydrogens is 392 g/mol. The van der Waals surface area contributed by atoms with E-state index in [1.807, 2.05) is 62.4 Å². The van der Waals surface area contributed by atoms with Crippen LogP contribution in [0.25, 0.3) is 6.08 Å². The molecule has 3 nitrogen and oxygen atoms in total. The largest absolute Gasteiger partial charge is 0.299 e. The zero-order valence-corrected chi connectivity index (χ0v) is 18.7. The van der Waals surface area contributed by atoms with Crippen LogP contribution in [0.1, 0.15) is 50.2 Å². The van der Waals surface area contributed by atoms with E-state index in [-0.39, 0.29) is 18.1 Å². The Morgan fingerprint density at radius 3 is 2.19 bits per heavy atom. The molecule has 3 heteroatoms. The van der Waals surface area contributed by atoms with Gasteiger partial charge in [0.05, 0.1) is 12.1 Å². The lowest BCUT2D eigenvalue weighted by molar-refractivity contribution is -0.126. The highest BCUT2D eigenvalue weighted by Crippen LogP contribution is 2.52. The first-order chi connectivity index (χ1) is 15.4. The van der Waals surface area contributed by atoms with Crippen molar-refractivity contribution in [1.82, 2.24) is 0 Å². The molecule has 0 fully saturated rings. The van der Waals surface area contributed by atoms with E-state index in [0.717, 1.165) is 16.7 Å². The quantitative estimate of drug-likeness (QED) is 0.464. The van der Waals surface area contributed by atoms with Crippen molar-refractivity contribution in [2.45, 2.75) is 39.0 Å². The van der Waals surface area contributed by atoms with Gasteiger partial charge in [0, 0.05) is 24.2 Å². The Hall–Kier alpha value is -3.69. The van der Waals surface area contributed by atoms with Crippen LogP contribution in [-0.4, -0.2) is 5.78 Å². The normalized spacial score (nSPS) is 16.9. The summed E-state index contributed by atoms with van der Waals surface area (Å²) >= 11 is 0. The Bertz CT molecular complexity index is 1110. The molecule has 0 amide bonds. The summed E-state index contributed by atoms with van der Waals surface area (Å²) in [6.07, 6.45) is 6.90. The minimum absolute atomic E-state index is 0.0639. The standard InChI is InChI=1S/C29H28N2O/c1-4-19-29(20-30,21-31)27-25(17-18-26(32)28(27,2)3)24(23-13-9-6-10-14-23)16-15-22-11-7-5-8-12-22/h4-16,24H,1,17-19H2,2-3H3. The number of rotatable bonds is 7. The van der Waals surface area contributed by atoms with E-state index in [1.54, 1.807) is 6.08 Å². The number of ketones is 1. The first-order valence-corrected chi connectivity index (χ1v) is 10.9. The third-order valence-electron chi connectivity index (χ3n) is 6.34. The zero-order chi connectivity index (χ0) is 23.2. The van der Waals surface area contributed by atoms with Crippen molar-refractivity contribution in [3.8, 4) is 12.1 Å². The summed E-state index contributed by atoms with van der Waals surface area (Å²) < 4.78 is 0. The van der Waals surface area contributed by atoms with Gasteiger partial charge in [0.15, 0.2) is 5.41 Å². The summed E-state index contributed by atoms with van der Waals surface area (Å²) in [5.41, 5.74) is 1.43. The van der Waals surface area contributed by atoms with Gasteiger partial charge in [-0.05, 0) is 37.0 Å². The molecule has 1 aliphatic rings.